The van der Waals surface area contributed by atoms with Gasteiger partial charge >= 0.3 is 0 Å². The van der Waals surface area contributed by atoms with Crippen LogP contribution in [-0.2, 0) is 0 Å². The fraction of sp³-hybridized carbons (Fsp3) is 0.692. The lowest BCUT2D eigenvalue weighted by Gasteiger charge is -2.34. The Balaban J connectivity index is 2.14. The molecule has 0 radical (unpaired) electrons. The van der Waals surface area contributed by atoms with E-state index in [1.165, 1.54) is 30.6 Å². The topological polar surface area (TPSA) is 12.0 Å². The highest BCUT2D eigenvalue weighted by atomic mass is 32.2. The number of nitrogens with one attached hydrogen (secondary N) is 1. The van der Waals surface area contributed by atoms with Crippen molar-refractivity contribution in [1.82, 2.24) is 5.32 Å². The molecule has 1 fully saturated rings. The Hall–Kier alpha value is 0.01000. The van der Waals surface area contributed by atoms with Crippen LogP contribution in [0.5, 0.6) is 0 Å². The summed E-state index contributed by atoms with van der Waals surface area (Å²) in [4.78, 5) is 0. The molecule has 0 spiro atoms. The number of thiophene rings is 1. The molecule has 1 aliphatic rings. The van der Waals surface area contributed by atoms with Gasteiger partial charge in [0.1, 0.15) is 0 Å². The van der Waals surface area contributed by atoms with Gasteiger partial charge in [-0.25, -0.2) is 0 Å². The third-order valence-electron chi connectivity index (χ3n) is 3.33. The van der Waals surface area contributed by atoms with E-state index in [2.05, 4.69) is 47.8 Å². The van der Waals surface area contributed by atoms with E-state index < -0.39 is 0 Å². The molecule has 1 N–H and O–H groups in total. The lowest BCUT2D eigenvalue weighted by Crippen LogP contribution is -2.37. The van der Waals surface area contributed by atoms with Gasteiger partial charge in [-0.3, -0.25) is 0 Å². The van der Waals surface area contributed by atoms with Gasteiger partial charge in [-0.2, -0.15) is 23.1 Å². The maximum absolute atomic E-state index is 3.74. The van der Waals surface area contributed by atoms with Crippen molar-refractivity contribution in [3.05, 3.63) is 22.4 Å². The highest BCUT2D eigenvalue weighted by Crippen LogP contribution is 2.46. The van der Waals surface area contributed by atoms with Gasteiger partial charge in [0.05, 0.1) is 0 Å². The number of rotatable bonds is 5. The van der Waals surface area contributed by atoms with E-state index in [-0.39, 0.29) is 0 Å². The van der Waals surface area contributed by atoms with Crippen LogP contribution in [0.2, 0.25) is 0 Å². The molecule has 1 aromatic heterocycles. The van der Waals surface area contributed by atoms with Gasteiger partial charge in [-0.1, -0.05) is 6.92 Å². The first-order valence-electron chi connectivity index (χ1n) is 6.16. The molecule has 2 heterocycles. The minimum atomic E-state index is 0.399. The van der Waals surface area contributed by atoms with Crippen LogP contribution >= 0.6 is 23.1 Å². The van der Waals surface area contributed by atoms with Gasteiger partial charge < -0.3 is 5.32 Å². The smallest absolute Gasteiger partial charge is 0.0474 e. The number of hydrogen-bond acceptors (Lipinski definition) is 3. The summed E-state index contributed by atoms with van der Waals surface area (Å²) in [5.74, 6) is 1.32. The predicted molar refractivity (Wildman–Crippen MR) is 75.5 cm³/mol. The molecule has 2 unspecified atom stereocenters. The summed E-state index contributed by atoms with van der Waals surface area (Å²) in [6, 6.07) is 2.81. The zero-order chi connectivity index (χ0) is 11.4. The second-order valence-electron chi connectivity index (χ2n) is 4.71. The van der Waals surface area contributed by atoms with Crippen molar-refractivity contribution in [1.29, 1.82) is 0 Å². The lowest BCUT2D eigenvalue weighted by molar-refractivity contribution is 0.414. The van der Waals surface area contributed by atoms with Crippen LogP contribution in [0.25, 0.3) is 0 Å². The molecule has 1 aliphatic heterocycles. The standard InChI is InChI=1S/C13H21NS2/c1-3-7-14-12(11-5-9-15-10-11)13(2)6-4-8-16-13/h5,9-10,12,14H,3-4,6-8H2,1-2H3. The molecule has 0 bridgehead atoms. The molecule has 2 rings (SSSR count). The predicted octanol–water partition coefficient (Wildman–Crippen LogP) is 4.07. The van der Waals surface area contributed by atoms with Crippen LogP contribution in [0.3, 0.4) is 0 Å². The lowest BCUT2D eigenvalue weighted by atomic mass is 9.91. The van der Waals surface area contributed by atoms with E-state index >= 15 is 0 Å². The third-order valence-corrected chi connectivity index (χ3v) is 5.63. The molecule has 2 atom stereocenters. The van der Waals surface area contributed by atoms with Crippen LogP contribution in [0.4, 0.5) is 0 Å². The highest BCUT2D eigenvalue weighted by molar-refractivity contribution is 8.00. The molecule has 90 valence electrons. The summed E-state index contributed by atoms with van der Waals surface area (Å²) in [7, 11) is 0. The fourth-order valence-corrected chi connectivity index (χ4v) is 4.56. The van der Waals surface area contributed by atoms with Crippen LogP contribution < -0.4 is 5.32 Å². The van der Waals surface area contributed by atoms with Crippen molar-refractivity contribution in [3.8, 4) is 0 Å². The normalized spacial score (nSPS) is 27.1. The summed E-state index contributed by atoms with van der Waals surface area (Å²) in [5, 5.41) is 8.24. The Labute approximate surface area is 107 Å². The van der Waals surface area contributed by atoms with E-state index in [9.17, 15) is 0 Å². The van der Waals surface area contributed by atoms with Gasteiger partial charge in [-0.15, -0.1) is 0 Å². The van der Waals surface area contributed by atoms with Crippen LogP contribution in [0.1, 0.15) is 44.7 Å². The monoisotopic (exact) mass is 255 g/mol. The summed E-state index contributed by atoms with van der Waals surface area (Å²) < 4.78 is 0.399. The van der Waals surface area contributed by atoms with Crippen LogP contribution in [-0.4, -0.2) is 17.0 Å². The number of hydrogen-bond donors (Lipinski definition) is 1. The average molecular weight is 255 g/mol. The van der Waals surface area contributed by atoms with E-state index in [0.29, 0.717) is 10.8 Å². The molecular weight excluding hydrogens is 234 g/mol. The van der Waals surface area contributed by atoms with E-state index in [4.69, 9.17) is 0 Å². The van der Waals surface area contributed by atoms with Crippen molar-refractivity contribution in [3.63, 3.8) is 0 Å². The van der Waals surface area contributed by atoms with Gasteiger partial charge in [0.25, 0.3) is 0 Å². The Kier molecular flexibility index (Phi) is 4.34. The second-order valence-corrected chi connectivity index (χ2v) is 7.12. The SMILES string of the molecule is CCCNC(c1ccsc1)C1(C)CCCS1. The third kappa shape index (κ3) is 2.63. The molecular formula is C13H21NS2. The summed E-state index contributed by atoms with van der Waals surface area (Å²) in [5.41, 5.74) is 1.48. The second kappa shape index (κ2) is 5.56. The van der Waals surface area contributed by atoms with E-state index in [1.807, 2.05) is 11.3 Å². The Bertz CT molecular complexity index is 302. The molecule has 16 heavy (non-hydrogen) atoms. The van der Waals surface area contributed by atoms with Crippen LogP contribution in [0.15, 0.2) is 16.8 Å². The van der Waals surface area contributed by atoms with Gasteiger partial charge in [0, 0.05) is 10.8 Å². The zero-order valence-electron chi connectivity index (χ0n) is 10.2. The molecule has 0 aromatic carbocycles. The Morgan fingerprint density at radius 1 is 1.56 bits per heavy atom. The molecule has 1 aromatic rings. The molecule has 1 saturated heterocycles. The Morgan fingerprint density at radius 2 is 2.44 bits per heavy atom. The molecule has 0 saturated carbocycles. The minimum Gasteiger partial charge on any atom is -0.309 e. The van der Waals surface area contributed by atoms with Crippen molar-refractivity contribution in [2.24, 2.45) is 0 Å². The maximum atomic E-state index is 3.74. The minimum absolute atomic E-state index is 0.399. The first kappa shape index (κ1) is 12.5. The average Bonchev–Trinajstić information content (AvgIpc) is 2.91. The van der Waals surface area contributed by atoms with Crippen molar-refractivity contribution in [2.75, 3.05) is 12.3 Å². The Morgan fingerprint density at radius 3 is 3.00 bits per heavy atom. The largest absolute Gasteiger partial charge is 0.309 e. The van der Waals surface area contributed by atoms with Crippen molar-refractivity contribution < 1.29 is 0 Å². The zero-order valence-corrected chi connectivity index (χ0v) is 11.8. The molecule has 1 nitrogen and oxygen atoms in total. The van der Waals surface area contributed by atoms with Gasteiger partial charge in [-0.05, 0) is 60.9 Å². The van der Waals surface area contributed by atoms with Crippen molar-refractivity contribution in [2.45, 2.75) is 43.9 Å². The number of thioether (sulfide) groups is 1. The molecule has 0 amide bonds. The van der Waals surface area contributed by atoms with E-state index in [0.717, 1.165) is 6.54 Å². The first-order valence-corrected chi connectivity index (χ1v) is 8.08. The summed E-state index contributed by atoms with van der Waals surface area (Å²) >= 11 is 3.95. The summed E-state index contributed by atoms with van der Waals surface area (Å²) in [6.07, 6.45) is 3.92. The molecule has 0 aliphatic carbocycles. The molecule has 3 heteroatoms. The maximum Gasteiger partial charge on any atom is 0.0474 e. The van der Waals surface area contributed by atoms with Crippen molar-refractivity contribution >= 4 is 23.1 Å². The fourth-order valence-electron chi connectivity index (χ4n) is 2.44. The van der Waals surface area contributed by atoms with E-state index in [1.54, 1.807) is 0 Å². The van der Waals surface area contributed by atoms with Gasteiger partial charge in [0.15, 0.2) is 0 Å². The highest BCUT2D eigenvalue weighted by Gasteiger charge is 2.38. The quantitative estimate of drug-likeness (QED) is 0.851. The first-order chi connectivity index (χ1) is 7.76. The summed E-state index contributed by atoms with van der Waals surface area (Å²) in [6.45, 7) is 5.79. The van der Waals surface area contributed by atoms with Crippen LogP contribution in [0, 0.1) is 0 Å². The van der Waals surface area contributed by atoms with Gasteiger partial charge in [0.2, 0.25) is 0 Å².